The van der Waals surface area contributed by atoms with Crippen LogP contribution < -0.4 is 15.2 Å². The molecule has 0 saturated carbocycles. The zero-order valence-electron chi connectivity index (χ0n) is 9.53. The average molecular weight is 298 g/mol. The van der Waals surface area contributed by atoms with Crippen molar-refractivity contribution in [1.82, 2.24) is 4.98 Å². The Balaban J connectivity index is 2.13. The van der Waals surface area contributed by atoms with Gasteiger partial charge in [0.15, 0.2) is 0 Å². The standard InChI is InChI=1S/C10H10N4O3S2/c11-19(16,17)14-8-3-1-2-7(4-8)13-10(15)9-5-12-6-18-9/h1-6,14H,(H,13,15)(H2,11,16,17). The maximum atomic E-state index is 11.8. The highest BCUT2D eigenvalue weighted by Gasteiger charge is 2.08. The summed E-state index contributed by atoms with van der Waals surface area (Å²) in [5, 5.41) is 7.49. The van der Waals surface area contributed by atoms with Gasteiger partial charge in [-0.3, -0.25) is 14.5 Å². The number of rotatable bonds is 4. The summed E-state index contributed by atoms with van der Waals surface area (Å²) in [6.07, 6.45) is 1.45. The smallest absolute Gasteiger partial charge is 0.296 e. The molecule has 0 fully saturated rings. The van der Waals surface area contributed by atoms with Gasteiger partial charge in [0.1, 0.15) is 4.88 Å². The van der Waals surface area contributed by atoms with E-state index in [0.29, 0.717) is 10.6 Å². The van der Waals surface area contributed by atoms with Crippen molar-refractivity contribution in [3.05, 3.63) is 40.8 Å². The first-order valence-electron chi connectivity index (χ1n) is 5.04. The Morgan fingerprint density at radius 1 is 1.32 bits per heavy atom. The van der Waals surface area contributed by atoms with Crippen LogP contribution in [0.3, 0.4) is 0 Å². The second kappa shape index (κ2) is 5.34. The molecule has 0 bridgehead atoms. The Morgan fingerprint density at radius 2 is 2.05 bits per heavy atom. The molecule has 1 aromatic heterocycles. The molecule has 1 amide bonds. The highest BCUT2D eigenvalue weighted by Crippen LogP contribution is 2.17. The van der Waals surface area contributed by atoms with E-state index in [0.717, 1.165) is 0 Å². The van der Waals surface area contributed by atoms with E-state index in [1.807, 2.05) is 0 Å². The zero-order chi connectivity index (χ0) is 13.9. The van der Waals surface area contributed by atoms with Crippen LogP contribution in [0, 0.1) is 0 Å². The van der Waals surface area contributed by atoms with Crippen LogP contribution in [0.15, 0.2) is 36.0 Å². The SMILES string of the molecule is NS(=O)(=O)Nc1cccc(NC(=O)c2cncs2)c1. The van der Waals surface area contributed by atoms with Crippen molar-refractivity contribution in [2.24, 2.45) is 5.14 Å². The first-order chi connectivity index (χ1) is 8.94. The molecule has 7 nitrogen and oxygen atoms in total. The zero-order valence-corrected chi connectivity index (χ0v) is 11.2. The van der Waals surface area contributed by atoms with Gasteiger partial charge in [-0.25, -0.2) is 5.14 Å². The van der Waals surface area contributed by atoms with Crippen LogP contribution in [0.25, 0.3) is 0 Å². The minimum atomic E-state index is -3.84. The minimum absolute atomic E-state index is 0.268. The summed E-state index contributed by atoms with van der Waals surface area (Å²) in [4.78, 5) is 16.0. The van der Waals surface area contributed by atoms with Crippen LogP contribution >= 0.6 is 11.3 Å². The summed E-state index contributed by atoms with van der Waals surface area (Å²) in [5.74, 6) is -0.310. The van der Waals surface area contributed by atoms with Crippen molar-refractivity contribution >= 4 is 38.8 Å². The third kappa shape index (κ3) is 4.02. The average Bonchev–Trinajstić information content (AvgIpc) is 2.80. The molecule has 4 N–H and O–H groups in total. The molecule has 1 heterocycles. The predicted octanol–water partition coefficient (Wildman–Crippen LogP) is 1.01. The number of thiazole rings is 1. The fourth-order valence-corrected chi connectivity index (χ4v) is 2.32. The quantitative estimate of drug-likeness (QED) is 0.781. The highest BCUT2D eigenvalue weighted by atomic mass is 32.2. The van der Waals surface area contributed by atoms with Crippen molar-refractivity contribution in [1.29, 1.82) is 0 Å². The molecule has 0 aliphatic heterocycles. The Bertz CT molecular complexity index is 683. The molecule has 2 aromatic rings. The molecule has 0 saturated heterocycles. The van der Waals surface area contributed by atoms with Gasteiger partial charge in [0.25, 0.3) is 16.1 Å². The number of carbonyl (C=O) groups excluding carboxylic acids is 1. The topological polar surface area (TPSA) is 114 Å². The Morgan fingerprint density at radius 3 is 2.68 bits per heavy atom. The van der Waals surface area contributed by atoms with E-state index in [1.54, 1.807) is 17.6 Å². The number of nitrogens with one attached hydrogen (secondary N) is 2. The second-order valence-corrected chi connectivity index (χ2v) is 5.73. The number of aromatic nitrogens is 1. The molecule has 19 heavy (non-hydrogen) atoms. The summed E-state index contributed by atoms with van der Waals surface area (Å²) in [7, 11) is -3.84. The summed E-state index contributed by atoms with van der Waals surface area (Å²) >= 11 is 1.21. The number of nitrogens with two attached hydrogens (primary N) is 1. The number of hydrogen-bond donors (Lipinski definition) is 3. The van der Waals surface area contributed by atoms with Gasteiger partial charge in [0, 0.05) is 5.69 Å². The fraction of sp³-hybridized carbons (Fsp3) is 0. The lowest BCUT2D eigenvalue weighted by molar-refractivity contribution is 0.103. The van der Waals surface area contributed by atoms with Crippen LogP contribution in [0.1, 0.15) is 9.67 Å². The molecule has 0 radical (unpaired) electrons. The predicted molar refractivity (Wildman–Crippen MR) is 73.2 cm³/mol. The van der Waals surface area contributed by atoms with Crippen molar-refractivity contribution in [2.45, 2.75) is 0 Å². The molecule has 0 aliphatic rings. The molecule has 2 rings (SSSR count). The number of hydrogen-bond acceptors (Lipinski definition) is 5. The van der Waals surface area contributed by atoms with Crippen LogP contribution in [0.4, 0.5) is 11.4 Å². The molecule has 1 aromatic carbocycles. The Hall–Kier alpha value is -1.97. The maximum absolute atomic E-state index is 11.8. The number of benzene rings is 1. The van der Waals surface area contributed by atoms with Crippen LogP contribution in [-0.4, -0.2) is 19.3 Å². The molecule has 9 heteroatoms. The van der Waals surface area contributed by atoms with E-state index in [-0.39, 0.29) is 11.6 Å². The van der Waals surface area contributed by atoms with Gasteiger partial charge in [0.05, 0.1) is 17.4 Å². The lowest BCUT2D eigenvalue weighted by atomic mass is 10.3. The van der Waals surface area contributed by atoms with E-state index in [4.69, 9.17) is 5.14 Å². The number of anilines is 2. The third-order valence-corrected chi connectivity index (χ3v) is 3.33. The van der Waals surface area contributed by atoms with Crippen LogP contribution in [-0.2, 0) is 10.2 Å². The van der Waals surface area contributed by atoms with E-state index >= 15 is 0 Å². The molecule has 0 aliphatic carbocycles. The number of nitrogens with zero attached hydrogens (tertiary/aromatic N) is 1. The Kier molecular flexibility index (Phi) is 3.79. The first-order valence-corrected chi connectivity index (χ1v) is 7.47. The molecule has 0 unspecified atom stereocenters. The van der Waals surface area contributed by atoms with Gasteiger partial charge in [0.2, 0.25) is 0 Å². The first kappa shape index (κ1) is 13.5. The van der Waals surface area contributed by atoms with E-state index in [1.165, 1.54) is 29.7 Å². The van der Waals surface area contributed by atoms with Gasteiger partial charge in [-0.05, 0) is 18.2 Å². The van der Waals surface area contributed by atoms with Crippen molar-refractivity contribution in [3.63, 3.8) is 0 Å². The van der Waals surface area contributed by atoms with Crippen LogP contribution in [0.2, 0.25) is 0 Å². The Labute approximate surface area is 113 Å². The summed E-state index contributed by atoms with van der Waals surface area (Å²) < 4.78 is 23.9. The lowest BCUT2D eigenvalue weighted by Crippen LogP contribution is -2.21. The van der Waals surface area contributed by atoms with E-state index < -0.39 is 10.2 Å². The van der Waals surface area contributed by atoms with Gasteiger partial charge in [-0.1, -0.05) is 6.07 Å². The molecule has 0 atom stereocenters. The van der Waals surface area contributed by atoms with Crippen LogP contribution in [0.5, 0.6) is 0 Å². The van der Waals surface area contributed by atoms with Gasteiger partial charge in [-0.2, -0.15) is 8.42 Å². The molecule has 100 valence electrons. The summed E-state index contributed by atoms with van der Waals surface area (Å²) in [5.41, 5.74) is 2.27. The third-order valence-electron chi connectivity index (χ3n) is 2.04. The van der Waals surface area contributed by atoms with E-state index in [2.05, 4.69) is 15.0 Å². The highest BCUT2D eigenvalue weighted by molar-refractivity contribution is 7.90. The van der Waals surface area contributed by atoms with Gasteiger partial charge >= 0.3 is 0 Å². The maximum Gasteiger partial charge on any atom is 0.296 e. The molecular weight excluding hydrogens is 288 g/mol. The largest absolute Gasteiger partial charge is 0.321 e. The molecular formula is C10H10N4O3S2. The number of carbonyl (C=O) groups is 1. The van der Waals surface area contributed by atoms with E-state index in [9.17, 15) is 13.2 Å². The van der Waals surface area contributed by atoms with Crippen molar-refractivity contribution in [3.8, 4) is 0 Å². The van der Waals surface area contributed by atoms with Gasteiger partial charge in [-0.15, -0.1) is 11.3 Å². The van der Waals surface area contributed by atoms with Crippen molar-refractivity contribution < 1.29 is 13.2 Å². The lowest BCUT2D eigenvalue weighted by Gasteiger charge is -2.07. The fourth-order valence-electron chi connectivity index (χ4n) is 1.35. The monoisotopic (exact) mass is 298 g/mol. The number of amides is 1. The summed E-state index contributed by atoms with van der Waals surface area (Å²) in [6, 6.07) is 6.21. The normalized spacial score (nSPS) is 11.0. The summed E-state index contributed by atoms with van der Waals surface area (Å²) in [6.45, 7) is 0. The molecule has 0 spiro atoms. The van der Waals surface area contributed by atoms with Gasteiger partial charge < -0.3 is 5.32 Å². The second-order valence-electron chi connectivity index (χ2n) is 3.55. The van der Waals surface area contributed by atoms with Crippen molar-refractivity contribution in [2.75, 3.05) is 10.0 Å². The minimum Gasteiger partial charge on any atom is -0.321 e.